The molecule has 0 aliphatic carbocycles. The van der Waals surface area contributed by atoms with Crippen molar-refractivity contribution in [3.63, 3.8) is 0 Å². The second-order valence-corrected chi connectivity index (χ2v) is 5.40. The van der Waals surface area contributed by atoms with E-state index in [1.54, 1.807) is 0 Å². The Morgan fingerprint density at radius 1 is 1.57 bits per heavy atom. The molecular formula is C15H22ClN3O2. The van der Waals surface area contributed by atoms with E-state index in [9.17, 15) is 4.79 Å². The van der Waals surface area contributed by atoms with Gasteiger partial charge in [0.2, 0.25) is 5.91 Å². The van der Waals surface area contributed by atoms with E-state index in [1.807, 2.05) is 31.2 Å². The minimum atomic E-state index is -0.330. The van der Waals surface area contributed by atoms with Crippen LogP contribution in [-0.2, 0) is 9.53 Å². The molecule has 1 aliphatic heterocycles. The smallest absolute Gasteiger partial charge is 0.239 e. The summed E-state index contributed by atoms with van der Waals surface area (Å²) < 4.78 is 5.46. The molecule has 21 heavy (non-hydrogen) atoms. The van der Waals surface area contributed by atoms with Crippen LogP contribution in [0.5, 0.6) is 0 Å². The van der Waals surface area contributed by atoms with Crippen LogP contribution in [0.25, 0.3) is 0 Å². The van der Waals surface area contributed by atoms with Crippen LogP contribution in [0, 0.1) is 0 Å². The number of nitrogens with two attached hydrogens (primary N) is 1. The summed E-state index contributed by atoms with van der Waals surface area (Å²) in [5, 5.41) is 3.53. The van der Waals surface area contributed by atoms with E-state index in [0.29, 0.717) is 37.9 Å². The fourth-order valence-corrected chi connectivity index (χ4v) is 2.96. The number of nitrogens with zero attached hydrogens (tertiary/aromatic N) is 1. The van der Waals surface area contributed by atoms with Crippen LogP contribution >= 0.6 is 11.6 Å². The summed E-state index contributed by atoms with van der Waals surface area (Å²) >= 11 is 6.29. The predicted molar refractivity (Wildman–Crippen MR) is 83.2 cm³/mol. The number of morpholine rings is 1. The van der Waals surface area contributed by atoms with E-state index >= 15 is 0 Å². The summed E-state index contributed by atoms with van der Waals surface area (Å²) in [7, 11) is 0. The first-order valence-electron chi connectivity index (χ1n) is 7.24. The summed E-state index contributed by atoms with van der Waals surface area (Å²) in [6.45, 7) is 4.54. The van der Waals surface area contributed by atoms with Crippen molar-refractivity contribution in [2.45, 2.75) is 19.0 Å². The lowest BCUT2D eigenvalue weighted by atomic mass is 10.0. The number of hydrogen-bond acceptors (Lipinski definition) is 4. The Morgan fingerprint density at radius 2 is 2.33 bits per heavy atom. The number of rotatable bonds is 5. The van der Waals surface area contributed by atoms with Crippen molar-refractivity contribution in [2.24, 2.45) is 5.73 Å². The average molecular weight is 312 g/mol. The quantitative estimate of drug-likeness (QED) is 0.857. The molecule has 1 aromatic carbocycles. The van der Waals surface area contributed by atoms with Gasteiger partial charge in [-0.25, -0.2) is 0 Å². The number of likely N-dealkylation sites (N-methyl/N-ethyl adjacent to an activating group) is 1. The van der Waals surface area contributed by atoms with Crippen molar-refractivity contribution in [3.8, 4) is 0 Å². The van der Waals surface area contributed by atoms with Crippen molar-refractivity contribution in [1.82, 2.24) is 10.2 Å². The number of hydrogen-bond donors (Lipinski definition) is 2. The van der Waals surface area contributed by atoms with Gasteiger partial charge in [-0.15, -0.1) is 0 Å². The number of amides is 1. The van der Waals surface area contributed by atoms with Crippen LogP contribution in [0.3, 0.4) is 0 Å². The lowest BCUT2D eigenvalue weighted by molar-refractivity contribution is -0.134. The average Bonchev–Trinajstić information content (AvgIpc) is 2.50. The Hall–Kier alpha value is -1.14. The lowest BCUT2D eigenvalue weighted by Gasteiger charge is -2.40. The Balaban J connectivity index is 2.25. The maximum absolute atomic E-state index is 12.2. The minimum Gasteiger partial charge on any atom is -0.378 e. The molecule has 1 fully saturated rings. The van der Waals surface area contributed by atoms with Gasteiger partial charge >= 0.3 is 0 Å². The van der Waals surface area contributed by atoms with Gasteiger partial charge in [0, 0.05) is 30.7 Å². The van der Waals surface area contributed by atoms with Gasteiger partial charge in [0.15, 0.2) is 0 Å². The Kier molecular flexibility index (Phi) is 5.99. The molecule has 0 aromatic heterocycles. The molecule has 0 bridgehead atoms. The first-order valence-corrected chi connectivity index (χ1v) is 7.62. The molecule has 0 radical (unpaired) electrons. The van der Waals surface area contributed by atoms with Crippen molar-refractivity contribution >= 4 is 17.5 Å². The number of ether oxygens (including phenoxy) is 1. The number of benzene rings is 1. The zero-order valence-corrected chi connectivity index (χ0v) is 13.0. The molecule has 1 heterocycles. The summed E-state index contributed by atoms with van der Waals surface area (Å²) in [6, 6.07) is 7.22. The van der Waals surface area contributed by atoms with Gasteiger partial charge in [-0.3, -0.25) is 9.69 Å². The van der Waals surface area contributed by atoms with E-state index in [-0.39, 0.29) is 18.0 Å². The Morgan fingerprint density at radius 3 is 3.00 bits per heavy atom. The predicted octanol–water partition coefficient (Wildman–Crippen LogP) is 1.18. The molecule has 2 rings (SSSR count). The van der Waals surface area contributed by atoms with Crippen LogP contribution in [0.15, 0.2) is 24.3 Å². The molecular weight excluding hydrogens is 290 g/mol. The van der Waals surface area contributed by atoms with Crippen molar-refractivity contribution in [3.05, 3.63) is 34.9 Å². The molecule has 0 spiro atoms. The van der Waals surface area contributed by atoms with Crippen molar-refractivity contribution in [2.75, 3.05) is 32.8 Å². The number of nitrogens with one attached hydrogen (secondary N) is 1. The highest BCUT2D eigenvalue weighted by molar-refractivity contribution is 6.31. The molecule has 5 nitrogen and oxygen atoms in total. The molecule has 1 aliphatic rings. The normalized spacial score (nSPS) is 21.0. The van der Waals surface area contributed by atoms with Gasteiger partial charge in [0.05, 0.1) is 13.2 Å². The Bertz CT molecular complexity index is 484. The van der Waals surface area contributed by atoms with Gasteiger partial charge in [-0.05, 0) is 18.6 Å². The molecule has 6 heteroatoms. The third kappa shape index (κ3) is 3.74. The SMILES string of the molecule is CCNC(=O)C1COCCN1C(CN)c1ccccc1Cl. The molecule has 0 saturated carbocycles. The molecule has 116 valence electrons. The zero-order valence-electron chi connectivity index (χ0n) is 12.2. The van der Waals surface area contributed by atoms with Gasteiger partial charge in [0.25, 0.3) is 0 Å². The second kappa shape index (κ2) is 7.75. The van der Waals surface area contributed by atoms with Gasteiger partial charge in [-0.2, -0.15) is 0 Å². The summed E-state index contributed by atoms with van der Waals surface area (Å²) in [4.78, 5) is 14.3. The van der Waals surface area contributed by atoms with Gasteiger partial charge in [-0.1, -0.05) is 29.8 Å². The summed E-state index contributed by atoms with van der Waals surface area (Å²) in [6.07, 6.45) is 0. The zero-order chi connectivity index (χ0) is 15.2. The monoisotopic (exact) mass is 311 g/mol. The lowest BCUT2D eigenvalue weighted by Crippen LogP contribution is -2.55. The van der Waals surface area contributed by atoms with Crippen LogP contribution in [-0.4, -0.2) is 49.7 Å². The fourth-order valence-electron chi connectivity index (χ4n) is 2.69. The molecule has 2 unspecified atom stereocenters. The van der Waals surface area contributed by atoms with Crippen molar-refractivity contribution in [1.29, 1.82) is 0 Å². The Labute approximate surface area is 130 Å². The fraction of sp³-hybridized carbons (Fsp3) is 0.533. The number of carbonyl (C=O) groups excluding carboxylic acids is 1. The second-order valence-electron chi connectivity index (χ2n) is 5.00. The first-order chi connectivity index (χ1) is 10.2. The molecule has 1 amide bonds. The largest absolute Gasteiger partial charge is 0.378 e. The van der Waals surface area contributed by atoms with Crippen LogP contribution in [0.1, 0.15) is 18.5 Å². The molecule has 1 aromatic rings. The maximum atomic E-state index is 12.2. The van der Waals surface area contributed by atoms with Crippen LogP contribution in [0.4, 0.5) is 0 Å². The van der Waals surface area contributed by atoms with Gasteiger partial charge < -0.3 is 15.8 Å². The highest BCUT2D eigenvalue weighted by Crippen LogP contribution is 2.29. The highest BCUT2D eigenvalue weighted by Gasteiger charge is 2.34. The van der Waals surface area contributed by atoms with E-state index in [0.717, 1.165) is 5.56 Å². The number of halogens is 1. The standard InChI is InChI=1S/C15H22ClN3O2/c1-2-18-15(20)14-10-21-8-7-19(14)13(9-17)11-5-3-4-6-12(11)16/h3-6,13-14H,2,7-10,17H2,1H3,(H,18,20). The van der Waals surface area contributed by atoms with Crippen LogP contribution < -0.4 is 11.1 Å². The topological polar surface area (TPSA) is 67.6 Å². The van der Waals surface area contributed by atoms with E-state index in [4.69, 9.17) is 22.1 Å². The first kappa shape index (κ1) is 16.2. The van der Waals surface area contributed by atoms with E-state index in [1.165, 1.54) is 0 Å². The summed E-state index contributed by atoms with van der Waals surface area (Å²) in [5.74, 6) is -0.0253. The van der Waals surface area contributed by atoms with E-state index in [2.05, 4.69) is 10.2 Å². The maximum Gasteiger partial charge on any atom is 0.239 e. The van der Waals surface area contributed by atoms with Crippen molar-refractivity contribution < 1.29 is 9.53 Å². The van der Waals surface area contributed by atoms with E-state index < -0.39 is 0 Å². The third-order valence-corrected chi connectivity index (χ3v) is 4.06. The molecule has 1 saturated heterocycles. The van der Waals surface area contributed by atoms with Gasteiger partial charge in [0.1, 0.15) is 6.04 Å². The molecule has 3 N–H and O–H groups in total. The number of carbonyl (C=O) groups is 1. The highest BCUT2D eigenvalue weighted by atomic mass is 35.5. The minimum absolute atomic E-state index is 0.0253. The van der Waals surface area contributed by atoms with Crippen LogP contribution in [0.2, 0.25) is 5.02 Å². The third-order valence-electron chi connectivity index (χ3n) is 3.71. The summed E-state index contributed by atoms with van der Waals surface area (Å²) in [5.41, 5.74) is 6.92. The molecule has 2 atom stereocenters.